The van der Waals surface area contributed by atoms with Crippen molar-refractivity contribution in [2.45, 2.75) is 32.5 Å². The van der Waals surface area contributed by atoms with Crippen molar-refractivity contribution in [3.63, 3.8) is 0 Å². The number of nitrogens with zero attached hydrogens (tertiary/aromatic N) is 6. The highest BCUT2D eigenvalue weighted by molar-refractivity contribution is 5.51. The Labute approximate surface area is 168 Å². The number of anilines is 2. The standard InChI is InChI=1S/C20H25F3N6/c1-15-25-18(28-6-2-3-7-28)12-19(26-15)29-10-8-27(9-11-29)14-16-4-5-17(24-13-16)20(21,22)23/h4-5,12-13H,2-3,6-11,14H2,1H3. The fourth-order valence-electron chi connectivity index (χ4n) is 3.89. The minimum absolute atomic E-state index is 0.598. The van der Waals surface area contributed by atoms with Gasteiger partial charge >= 0.3 is 6.18 Å². The van der Waals surface area contributed by atoms with Crippen LogP contribution in [0, 0.1) is 6.92 Å². The summed E-state index contributed by atoms with van der Waals surface area (Å²) in [7, 11) is 0. The van der Waals surface area contributed by atoms with Crippen molar-refractivity contribution in [2.24, 2.45) is 0 Å². The number of hydrogen-bond donors (Lipinski definition) is 0. The van der Waals surface area contributed by atoms with E-state index in [4.69, 9.17) is 0 Å². The third-order valence-corrected chi connectivity index (χ3v) is 5.46. The molecule has 2 aliphatic rings. The number of alkyl halides is 3. The third-order valence-electron chi connectivity index (χ3n) is 5.46. The number of halogens is 3. The SMILES string of the molecule is Cc1nc(N2CCCC2)cc(N2CCN(Cc3ccc(C(F)(F)F)nc3)CC2)n1. The average molecular weight is 406 g/mol. The van der Waals surface area contributed by atoms with Crippen LogP contribution < -0.4 is 9.80 Å². The van der Waals surface area contributed by atoms with Gasteiger partial charge in [0.2, 0.25) is 0 Å². The first-order valence-electron chi connectivity index (χ1n) is 9.98. The molecule has 4 heterocycles. The molecule has 2 aliphatic heterocycles. The zero-order valence-corrected chi connectivity index (χ0v) is 16.5. The van der Waals surface area contributed by atoms with Crippen LogP contribution in [-0.4, -0.2) is 59.1 Å². The summed E-state index contributed by atoms with van der Waals surface area (Å²) < 4.78 is 37.9. The highest BCUT2D eigenvalue weighted by atomic mass is 19.4. The highest BCUT2D eigenvalue weighted by Crippen LogP contribution is 2.27. The number of hydrogen-bond acceptors (Lipinski definition) is 6. The molecule has 4 rings (SSSR count). The summed E-state index contributed by atoms with van der Waals surface area (Å²) >= 11 is 0. The van der Waals surface area contributed by atoms with Gasteiger partial charge in [0.1, 0.15) is 23.2 Å². The van der Waals surface area contributed by atoms with Crippen molar-refractivity contribution in [3.8, 4) is 0 Å². The lowest BCUT2D eigenvalue weighted by molar-refractivity contribution is -0.141. The van der Waals surface area contributed by atoms with Crippen LogP contribution in [0.1, 0.15) is 29.9 Å². The van der Waals surface area contributed by atoms with Crippen molar-refractivity contribution in [2.75, 3.05) is 49.1 Å². The van der Waals surface area contributed by atoms with E-state index in [2.05, 4.69) is 35.7 Å². The first-order valence-corrected chi connectivity index (χ1v) is 9.98. The van der Waals surface area contributed by atoms with Crippen LogP contribution in [0.3, 0.4) is 0 Å². The lowest BCUT2D eigenvalue weighted by atomic mass is 10.2. The maximum atomic E-state index is 12.6. The molecule has 0 aromatic carbocycles. The molecule has 2 aromatic heterocycles. The molecule has 9 heteroatoms. The predicted molar refractivity (Wildman–Crippen MR) is 105 cm³/mol. The highest BCUT2D eigenvalue weighted by Gasteiger charge is 2.32. The molecule has 29 heavy (non-hydrogen) atoms. The molecule has 0 radical (unpaired) electrons. The van der Waals surface area contributed by atoms with Gasteiger partial charge in [-0.3, -0.25) is 9.88 Å². The van der Waals surface area contributed by atoms with Gasteiger partial charge < -0.3 is 9.80 Å². The quantitative estimate of drug-likeness (QED) is 0.778. The summed E-state index contributed by atoms with van der Waals surface area (Å²) in [5.41, 5.74) is -0.0559. The maximum Gasteiger partial charge on any atom is 0.433 e. The fraction of sp³-hybridized carbons (Fsp3) is 0.550. The van der Waals surface area contributed by atoms with E-state index < -0.39 is 11.9 Å². The third kappa shape index (κ3) is 4.77. The second kappa shape index (κ2) is 8.14. The van der Waals surface area contributed by atoms with Crippen molar-refractivity contribution < 1.29 is 13.2 Å². The number of pyridine rings is 1. The van der Waals surface area contributed by atoms with E-state index in [1.165, 1.54) is 25.1 Å². The van der Waals surface area contributed by atoms with E-state index in [1.54, 1.807) is 0 Å². The average Bonchev–Trinajstić information content (AvgIpc) is 3.23. The number of aromatic nitrogens is 3. The lowest BCUT2D eigenvalue weighted by Crippen LogP contribution is -2.46. The summed E-state index contributed by atoms with van der Waals surface area (Å²) in [6, 6.07) is 4.64. The van der Waals surface area contributed by atoms with Gasteiger partial charge in [0.25, 0.3) is 0 Å². The lowest BCUT2D eigenvalue weighted by Gasteiger charge is -2.35. The Kier molecular flexibility index (Phi) is 5.58. The van der Waals surface area contributed by atoms with Crippen LogP contribution in [0.15, 0.2) is 24.4 Å². The molecule has 0 amide bonds. The van der Waals surface area contributed by atoms with Crippen molar-refractivity contribution in [3.05, 3.63) is 41.5 Å². The van der Waals surface area contributed by atoms with Gasteiger partial charge in [0, 0.05) is 58.1 Å². The van der Waals surface area contributed by atoms with E-state index >= 15 is 0 Å². The zero-order valence-electron chi connectivity index (χ0n) is 16.5. The first-order chi connectivity index (χ1) is 13.9. The molecule has 0 saturated carbocycles. The molecule has 2 fully saturated rings. The topological polar surface area (TPSA) is 48.4 Å². The Balaban J connectivity index is 1.36. The van der Waals surface area contributed by atoms with E-state index in [1.807, 2.05) is 6.92 Å². The maximum absolute atomic E-state index is 12.6. The zero-order chi connectivity index (χ0) is 20.4. The van der Waals surface area contributed by atoms with Crippen LogP contribution in [0.5, 0.6) is 0 Å². The second-order valence-corrected chi connectivity index (χ2v) is 7.64. The molecule has 0 aliphatic carbocycles. The Bertz CT molecular complexity index is 825. The molecule has 0 bridgehead atoms. The number of aryl methyl sites for hydroxylation is 1. The van der Waals surface area contributed by atoms with Crippen LogP contribution in [0.2, 0.25) is 0 Å². The molecule has 0 unspecified atom stereocenters. The smallest absolute Gasteiger partial charge is 0.356 e. The molecule has 0 N–H and O–H groups in total. The summed E-state index contributed by atoms with van der Waals surface area (Å²) in [6.45, 7) is 7.91. The Morgan fingerprint density at radius 1 is 0.897 bits per heavy atom. The molecule has 0 spiro atoms. The van der Waals surface area contributed by atoms with E-state index in [0.29, 0.717) is 6.54 Å². The first kappa shape index (κ1) is 19.9. The van der Waals surface area contributed by atoms with Gasteiger partial charge in [-0.1, -0.05) is 6.07 Å². The van der Waals surface area contributed by atoms with Gasteiger partial charge in [-0.25, -0.2) is 9.97 Å². The predicted octanol–water partition coefficient (Wildman–Crippen LogP) is 3.12. The molecule has 2 aromatic rings. The number of piperazine rings is 1. The molecule has 156 valence electrons. The molecule has 2 saturated heterocycles. The summed E-state index contributed by atoms with van der Waals surface area (Å²) in [4.78, 5) is 19.6. The minimum atomic E-state index is -4.40. The van der Waals surface area contributed by atoms with Crippen LogP contribution in [0.4, 0.5) is 24.8 Å². The van der Waals surface area contributed by atoms with Crippen molar-refractivity contribution >= 4 is 11.6 Å². The normalized spacial score (nSPS) is 18.5. The molecular weight excluding hydrogens is 381 g/mol. The van der Waals surface area contributed by atoms with Gasteiger partial charge in [0.05, 0.1) is 0 Å². The summed E-state index contributed by atoms with van der Waals surface area (Å²) in [5, 5.41) is 0. The Morgan fingerprint density at radius 3 is 2.07 bits per heavy atom. The fourth-order valence-corrected chi connectivity index (χ4v) is 3.89. The molecular formula is C20H25F3N6. The second-order valence-electron chi connectivity index (χ2n) is 7.64. The monoisotopic (exact) mass is 406 g/mol. The summed E-state index contributed by atoms with van der Waals surface area (Å²) in [6.07, 6.45) is -0.662. The van der Waals surface area contributed by atoms with Crippen LogP contribution in [0.25, 0.3) is 0 Å². The van der Waals surface area contributed by atoms with E-state index in [-0.39, 0.29) is 0 Å². The molecule has 0 atom stereocenters. The van der Waals surface area contributed by atoms with Crippen molar-refractivity contribution in [1.29, 1.82) is 0 Å². The minimum Gasteiger partial charge on any atom is -0.356 e. The van der Waals surface area contributed by atoms with Crippen molar-refractivity contribution in [1.82, 2.24) is 19.9 Å². The van der Waals surface area contributed by atoms with E-state index in [0.717, 1.165) is 68.4 Å². The van der Waals surface area contributed by atoms with Gasteiger partial charge in [0.15, 0.2) is 0 Å². The Morgan fingerprint density at radius 2 is 1.52 bits per heavy atom. The van der Waals surface area contributed by atoms with Gasteiger partial charge in [-0.05, 0) is 31.4 Å². The van der Waals surface area contributed by atoms with E-state index in [9.17, 15) is 13.2 Å². The number of rotatable bonds is 4. The van der Waals surface area contributed by atoms with Gasteiger partial charge in [-0.2, -0.15) is 13.2 Å². The van der Waals surface area contributed by atoms with Crippen LogP contribution in [-0.2, 0) is 12.7 Å². The Hall–Kier alpha value is -2.42. The summed E-state index contributed by atoms with van der Waals surface area (Å²) in [5.74, 6) is 2.74. The van der Waals surface area contributed by atoms with Crippen LogP contribution >= 0.6 is 0 Å². The largest absolute Gasteiger partial charge is 0.433 e. The molecule has 6 nitrogen and oxygen atoms in total. The van der Waals surface area contributed by atoms with Gasteiger partial charge in [-0.15, -0.1) is 0 Å².